The molecule has 0 radical (unpaired) electrons. The van der Waals surface area contributed by atoms with Crippen LogP contribution in [0.1, 0.15) is 44.2 Å². The van der Waals surface area contributed by atoms with Gasteiger partial charge in [0, 0.05) is 30.4 Å². The van der Waals surface area contributed by atoms with Gasteiger partial charge in [0.1, 0.15) is 0 Å². The molecule has 3 heterocycles. The van der Waals surface area contributed by atoms with Crippen LogP contribution in [0.2, 0.25) is 0 Å². The van der Waals surface area contributed by atoms with Gasteiger partial charge in [-0.1, -0.05) is 0 Å². The standard InChI is InChI=1S/C14H25N5/c1-3-19-9-11(8-16-19)14(17-15)10-6-12-4-5-13(7-10)18(12)2/h8-10,12-14,17H,3-7,15H2,1-2H3. The summed E-state index contributed by atoms with van der Waals surface area (Å²) in [5.41, 5.74) is 4.27. The molecular weight excluding hydrogens is 238 g/mol. The molecule has 19 heavy (non-hydrogen) atoms. The molecule has 3 atom stereocenters. The lowest BCUT2D eigenvalue weighted by Crippen LogP contribution is -2.45. The Morgan fingerprint density at radius 2 is 2.11 bits per heavy atom. The molecule has 2 aliphatic rings. The molecule has 0 saturated carbocycles. The van der Waals surface area contributed by atoms with Gasteiger partial charge in [-0.15, -0.1) is 0 Å². The normalized spacial score (nSPS) is 32.7. The Morgan fingerprint density at radius 3 is 2.63 bits per heavy atom. The number of hydrazine groups is 1. The van der Waals surface area contributed by atoms with Gasteiger partial charge in [-0.25, -0.2) is 0 Å². The zero-order valence-electron chi connectivity index (χ0n) is 11.9. The molecule has 2 aliphatic heterocycles. The van der Waals surface area contributed by atoms with Gasteiger partial charge >= 0.3 is 0 Å². The first-order valence-corrected chi connectivity index (χ1v) is 7.43. The van der Waals surface area contributed by atoms with E-state index in [4.69, 9.17) is 5.84 Å². The summed E-state index contributed by atoms with van der Waals surface area (Å²) in [6.07, 6.45) is 9.30. The Hall–Kier alpha value is -0.910. The molecule has 2 bridgehead atoms. The second-order valence-corrected chi connectivity index (χ2v) is 6.06. The van der Waals surface area contributed by atoms with Crippen molar-refractivity contribution in [3.63, 3.8) is 0 Å². The molecule has 3 N–H and O–H groups in total. The van der Waals surface area contributed by atoms with Crippen molar-refractivity contribution < 1.29 is 0 Å². The SMILES string of the molecule is CCn1cc(C(NN)C2CC3CCC(C2)N3C)cn1. The smallest absolute Gasteiger partial charge is 0.0538 e. The zero-order valence-corrected chi connectivity index (χ0v) is 11.9. The monoisotopic (exact) mass is 263 g/mol. The van der Waals surface area contributed by atoms with Crippen LogP contribution < -0.4 is 11.3 Å². The molecule has 0 aliphatic carbocycles. The summed E-state index contributed by atoms with van der Waals surface area (Å²) in [5, 5.41) is 4.38. The highest BCUT2D eigenvalue weighted by atomic mass is 15.3. The van der Waals surface area contributed by atoms with Crippen LogP contribution in [-0.2, 0) is 6.54 Å². The summed E-state index contributed by atoms with van der Waals surface area (Å²) < 4.78 is 1.98. The van der Waals surface area contributed by atoms with Crippen molar-refractivity contribution in [1.82, 2.24) is 20.1 Å². The van der Waals surface area contributed by atoms with E-state index in [2.05, 4.69) is 35.6 Å². The number of hydrogen-bond acceptors (Lipinski definition) is 4. The second-order valence-electron chi connectivity index (χ2n) is 6.06. The number of hydrogen-bond donors (Lipinski definition) is 2. The number of fused-ring (bicyclic) bond motifs is 2. The lowest BCUT2D eigenvalue weighted by atomic mass is 9.83. The fourth-order valence-corrected chi connectivity index (χ4v) is 3.94. The molecule has 1 aromatic heterocycles. The number of aryl methyl sites for hydroxylation is 1. The summed E-state index contributed by atoms with van der Waals surface area (Å²) >= 11 is 0. The van der Waals surface area contributed by atoms with Crippen LogP contribution in [0.5, 0.6) is 0 Å². The fraction of sp³-hybridized carbons (Fsp3) is 0.786. The summed E-state index contributed by atoms with van der Waals surface area (Å²) in [4.78, 5) is 2.57. The molecule has 1 aromatic rings. The first-order chi connectivity index (χ1) is 9.22. The van der Waals surface area contributed by atoms with Crippen LogP contribution >= 0.6 is 0 Å². The summed E-state index contributed by atoms with van der Waals surface area (Å²) in [6.45, 7) is 3.02. The number of rotatable bonds is 4. The molecule has 106 valence electrons. The molecule has 2 fully saturated rings. The third-order valence-corrected chi connectivity index (χ3v) is 5.12. The van der Waals surface area contributed by atoms with Crippen LogP contribution in [0.15, 0.2) is 12.4 Å². The van der Waals surface area contributed by atoms with E-state index in [1.54, 1.807) is 0 Å². The summed E-state index contributed by atoms with van der Waals surface area (Å²) in [5.74, 6) is 6.46. The third kappa shape index (κ3) is 2.30. The average molecular weight is 263 g/mol. The van der Waals surface area contributed by atoms with Crippen molar-refractivity contribution in [3.8, 4) is 0 Å². The molecule has 0 amide bonds. The van der Waals surface area contributed by atoms with E-state index in [9.17, 15) is 0 Å². The zero-order chi connectivity index (χ0) is 13.4. The molecule has 3 unspecified atom stereocenters. The average Bonchev–Trinajstić information content (AvgIpc) is 2.94. The minimum Gasteiger partial charge on any atom is -0.300 e. The highest BCUT2D eigenvalue weighted by molar-refractivity contribution is 5.13. The maximum Gasteiger partial charge on any atom is 0.0538 e. The molecule has 0 aromatic carbocycles. The highest BCUT2D eigenvalue weighted by Gasteiger charge is 2.41. The van der Waals surface area contributed by atoms with Crippen molar-refractivity contribution in [2.24, 2.45) is 11.8 Å². The van der Waals surface area contributed by atoms with Crippen molar-refractivity contribution >= 4 is 0 Å². The third-order valence-electron chi connectivity index (χ3n) is 5.12. The van der Waals surface area contributed by atoms with Crippen molar-refractivity contribution in [1.29, 1.82) is 0 Å². The Morgan fingerprint density at radius 1 is 1.42 bits per heavy atom. The van der Waals surface area contributed by atoms with E-state index in [0.717, 1.165) is 18.6 Å². The molecule has 2 saturated heterocycles. The van der Waals surface area contributed by atoms with E-state index < -0.39 is 0 Å². The first kappa shape index (κ1) is 13.1. The Bertz CT molecular complexity index is 415. The van der Waals surface area contributed by atoms with E-state index in [0.29, 0.717) is 5.92 Å². The van der Waals surface area contributed by atoms with Gasteiger partial charge in [0.15, 0.2) is 0 Å². The van der Waals surface area contributed by atoms with Crippen LogP contribution in [0, 0.1) is 5.92 Å². The number of nitrogens with zero attached hydrogens (tertiary/aromatic N) is 3. The van der Waals surface area contributed by atoms with Crippen LogP contribution in [0.3, 0.4) is 0 Å². The van der Waals surface area contributed by atoms with Crippen molar-refractivity contribution in [3.05, 3.63) is 18.0 Å². The quantitative estimate of drug-likeness (QED) is 0.634. The first-order valence-electron chi connectivity index (χ1n) is 7.43. The van der Waals surface area contributed by atoms with Gasteiger partial charge in [-0.05, 0) is 45.6 Å². The maximum atomic E-state index is 5.83. The summed E-state index contributed by atoms with van der Waals surface area (Å²) in [7, 11) is 2.28. The van der Waals surface area contributed by atoms with Gasteiger partial charge < -0.3 is 4.90 Å². The number of piperidine rings is 1. The van der Waals surface area contributed by atoms with Gasteiger partial charge in [0.25, 0.3) is 0 Å². The van der Waals surface area contributed by atoms with Gasteiger partial charge in [-0.2, -0.15) is 5.10 Å². The lowest BCUT2D eigenvalue weighted by Gasteiger charge is -2.39. The fourth-order valence-electron chi connectivity index (χ4n) is 3.94. The number of nitrogens with two attached hydrogens (primary N) is 1. The topological polar surface area (TPSA) is 59.1 Å². The molecule has 5 heteroatoms. The molecule has 3 rings (SSSR count). The molecular formula is C14H25N5. The predicted octanol–water partition coefficient (Wildman–Crippen LogP) is 1.28. The Balaban J connectivity index is 1.76. The van der Waals surface area contributed by atoms with E-state index in [1.807, 2.05) is 10.9 Å². The maximum absolute atomic E-state index is 5.83. The van der Waals surface area contributed by atoms with Crippen LogP contribution in [-0.4, -0.2) is 33.8 Å². The van der Waals surface area contributed by atoms with Crippen LogP contribution in [0.25, 0.3) is 0 Å². The predicted molar refractivity (Wildman–Crippen MR) is 75.3 cm³/mol. The summed E-state index contributed by atoms with van der Waals surface area (Å²) in [6, 6.07) is 1.75. The van der Waals surface area contributed by atoms with Gasteiger partial charge in [0.05, 0.1) is 12.2 Å². The molecule has 0 spiro atoms. The highest BCUT2D eigenvalue weighted by Crippen LogP contribution is 2.42. The van der Waals surface area contributed by atoms with Crippen LogP contribution in [0.4, 0.5) is 0 Å². The Labute approximate surface area is 115 Å². The van der Waals surface area contributed by atoms with Gasteiger partial charge in [0.2, 0.25) is 0 Å². The van der Waals surface area contributed by atoms with E-state index in [-0.39, 0.29) is 6.04 Å². The molecule has 5 nitrogen and oxygen atoms in total. The van der Waals surface area contributed by atoms with Crippen molar-refractivity contribution in [2.75, 3.05) is 7.05 Å². The Kier molecular flexibility index (Phi) is 3.60. The van der Waals surface area contributed by atoms with E-state index in [1.165, 1.54) is 31.2 Å². The van der Waals surface area contributed by atoms with E-state index >= 15 is 0 Å². The largest absolute Gasteiger partial charge is 0.300 e. The lowest BCUT2D eigenvalue weighted by molar-refractivity contribution is 0.112. The number of aromatic nitrogens is 2. The second kappa shape index (κ2) is 5.23. The minimum atomic E-state index is 0.247. The van der Waals surface area contributed by atoms with Gasteiger partial charge in [-0.3, -0.25) is 16.0 Å². The van der Waals surface area contributed by atoms with Crippen molar-refractivity contribution in [2.45, 2.75) is 57.3 Å². The minimum absolute atomic E-state index is 0.247. The number of nitrogens with one attached hydrogen (secondary N) is 1.